The van der Waals surface area contributed by atoms with E-state index < -0.39 is 9.84 Å². The summed E-state index contributed by atoms with van der Waals surface area (Å²) in [5.74, 6) is 0.617. The molecule has 1 heterocycles. The summed E-state index contributed by atoms with van der Waals surface area (Å²) in [5.41, 5.74) is 6.10. The summed E-state index contributed by atoms with van der Waals surface area (Å²) in [6.07, 6.45) is 3.41. The minimum absolute atomic E-state index is 0.0128. The van der Waals surface area contributed by atoms with Gasteiger partial charge in [-0.15, -0.1) is 0 Å². The van der Waals surface area contributed by atoms with Crippen molar-refractivity contribution < 1.29 is 8.42 Å². The van der Waals surface area contributed by atoms with Gasteiger partial charge in [0.05, 0.1) is 11.5 Å². The molecule has 0 aromatic heterocycles. The van der Waals surface area contributed by atoms with Crippen LogP contribution in [0.5, 0.6) is 0 Å². The molecule has 5 heteroatoms. The van der Waals surface area contributed by atoms with Gasteiger partial charge in [-0.3, -0.25) is 4.90 Å². The molecule has 4 nitrogen and oxygen atoms in total. The maximum atomic E-state index is 11.2. The van der Waals surface area contributed by atoms with Gasteiger partial charge < -0.3 is 5.73 Å². The van der Waals surface area contributed by atoms with Crippen LogP contribution in [-0.2, 0) is 9.84 Å². The van der Waals surface area contributed by atoms with Crippen molar-refractivity contribution in [2.24, 2.45) is 5.73 Å². The van der Waals surface area contributed by atoms with Crippen molar-refractivity contribution in [3.63, 3.8) is 0 Å². The smallest absolute Gasteiger partial charge is 0.152 e. The Morgan fingerprint density at radius 3 is 2.21 bits per heavy atom. The van der Waals surface area contributed by atoms with Crippen LogP contribution in [0.2, 0.25) is 0 Å². The summed E-state index contributed by atoms with van der Waals surface area (Å²) < 4.78 is 22.4. The highest BCUT2D eigenvalue weighted by Gasteiger charge is 2.35. The molecule has 0 atom stereocenters. The van der Waals surface area contributed by atoms with E-state index in [2.05, 4.69) is 4.90 Å². The van der Waals surface area contributed by atoms with Gasteiger partial charge in [0.25, 0.3) is 0 Å². The maximum Gasteiger partial charge on any atom is 0.152 e. The van der Waals surface area contributed by atoms with Crippen molar-refractivity contribution in [2.45, 2.75) is 24.8 Å². The van der Waals surface area contributed by atoms with Crippen LogP contribution in [0.15, 0.2) is 0 Å². The Morgan fingerprint density at radius 2 is 1.79 bits per heavy atom. The van der Waals surface area contributed by atoms with Gasteiger partial charge in [-0.1, -0.05) is 0 Å². The van der Waals surface area contributed by atoms with Crippen LogP contribution in [0, 0.1) is 0 Å². The minimum atomic E-state index is -2.74. The Balaban J connectivity index is 1.84. The van der Waals surface area contributed by atoms with E-state index in [0.717, 1.165) is 19.4 Å². The molecule has 0 radical (unpaired) electrons. The third kappa shape index (κ3) is 2.27. The average Bonchev–Trinajstić information content (AvgIpc) is 2.06. The van der Waals surface area contributed by atoms with Gasteiger partial charge in [0.2, 0.25) is 0 Å². The monoisotopic (exact) mass is 218 g/mol. The summed E-state index contributed by atoms with van der Waals surface area (Å²) in [6, 6.07) is 0. The highest BCUT2D eigenvalue weighted by atomic mass is 32.2. The molecule has 14 heavy (non-hydrogen) atoms. The topological polar surface area (TPSA) is 63.4 Å². The average molecular weight is 218 g/mol. The second-order valence-electron chi connectivity index (χ2n) is 4.64. The first-order valence-electron chi connectivity index (χ1n) is 5.21. The molecule has 2 aliphatic rings. The summed E-state index contributed by atoms with van der Waals surface area (Å²) in [5, 5.41) is 0. The molecule has 82 valence electrons. The van der Waals surface area contributed by atoms with Gasteiger partial charge >= 0.3 is 0 Å². The van der Waals surface area contributed by atoms with Crippen LogP contribution in [0.1, 0.15) is 19.3 Å². The lowest BCUT2D eigenvalue weighted by atomic mass is 9.77. The lowest BCUT2D eigenvalue weighted by molar-refractivity contribution is 0.152. The van der Waals surface area contributed by atoms with Crippen LogP contribution in [0.25, 0.3) is 0 Å². The van der Waals surface area contributed by atoms with Gasteiger partial charge in [-0.05, 0) is 19.3 Å². The van der Waals surface area contributed by atoms with Gasteiger partial charge in [0.1, 0.15) is 0 Å². The number of hydrogen-bond acceptors (Lipinski definition) is 4. The molecule has 1 aliphatic heterocycles. The van der Waals surface area contributed by atoms with Crippen molar-refractivity contribution in [3.05, 3.63) is 0 Å². The van der Waals surface area contributed by atoms with E-state index in [1.54, 1.807) is 0 Å². The van der Waals surface area contributed by atoms with Crippen LogP contribution in [0.3, 0.4) is 0 Å². The quantitative estimate of drug-likeness (QED) is 0.685. The second kappa shape index (κ2) is 3.47. The molecule has 0 bridgehead atoms. The molecule has 0 spiro atoms. The Labute approximate surface area is 85.4 Å². The van der Waals surface area contributed by atoms with E-state index in [-0.39, 0.29) is 5.54 Å². The Hall–Kier alpha value is -0.130. The molecular formula is C9H18N2O2S. The van der Waals surface area contributed by atoms with Crippen molar-refractivity contribution in [3.8, 4) is 0 Å². The van der Waals surface area contributed by atoms with Crippen LogP contribution < -0.4 is 5.73 Å². The fourth-order valence-electron chi connectivity index (χ4n) is 2.14. The van der Waals surface area contributed by atoms with Crippen molar-refractivity contribution in [1.82, 2.24) is 4.90 Å². The Kier molecular flexibility index (Phi) is 2.57. The highest BCUT2D eigenvalue weighted by Crippen LogP contribution is 2.30. The second-order valence-corrected chi connectivity index (χ2v) is 6.95. The van der Waals surface area contributed by atoms with Crippen molar-refractivity contribution >= 4 is 9.84 Å². The van der Waals surface area contributed by atoms with Gasteiger partial charge in [-0.2, -0.15) is 0 Å². The van der Waals surface area contributed by atoms with E-state index in [9.17, 15) is 8.42 Å². The maximum absolute atomic E-state index is 11.2. The number of nitrogens with two attached hydrogens (primary N) is 1. The minimum Gasteiger partial charge on any atom is -0.324 e. The first-order valence-corrected chi connectivity index (χ1v) is 7.03. The van der Waals surface area contributed by atoms with Crippen molar-refractivity contribution in [2.75, 3.05) is 31.1 Å². The van der Waals surface area contributed by atoms with E-state index in [4.69, 9.17) is 5.73 Å². The summed E-state index contributed by atoms with van der Waals surface area (Å²) >= 11 is 0. The predicted octanol–water partition coefficient (Wildman–Crippen LogP) is -0.402. The third-order valence-electron chi connectivity index (χ3n) is 3.32. The third-order valence-corrected chi connectivity index (χ3v) is 4.93. The Bertz CT molecular complexity index is 295. The zero-order valence-electron chi connectivity index (χ0n) is 8.41. The molecule has 1 saturated heterocycles. The van der Waals surface area contributed by atoms with Gasteiger partial charge in [-0.25, -0.2) is 8.42 Å². The lowest BCUT2D eigenvalue weighted by Gasteiger charge is -2.42. The molecule has 1 aliphatic carbocycles. The van der Waals surface area contributed by atoms with E-state index in [1.165, 1.54) is 6.42 Å². The zero-order chi connectivity index (χ0) is 10.2. The predicted molar refractivity (Wildman–Crippen MR) is 55.9 cm³/mol. The number of sulfone groups is 1. The first kappa shape index (κ1) is 10.4. The lowest BCUT2D eigenvalue weighted by Crippen LogP contribution is -2.57. The normalized spacial score (nSPS) is 30.9. The first-order chi connectivity index (χ1) is 6.49. The van der Waals surface area contributed by atoms with E-state index >= 15 is 0 Å². The number of nitrogens with zero attached hydrogens (tertiary/aromatic N) is 1. The van der Waals surface area contributed by atoms with Crippen LogP contribution in [-0.4, -0.2) is 50.0 Å². The molecule has 0 aromatic carbocycles. The van der Waals surface area contributed by atoms with E-state index in [0.29, 0.717) is 24.6 Å². The molecule has 2 fully saturated rings. The summed E-state index contributed by atoms with van der Waals surface area (Å²) in [4.78, 5) is 2.19. The fourth-order valence-corrected chi connectivity index (χ4v) is 3.42. The standard InChI is InChI=1S/C9H18N2O2S/c10-9(2-1-3-9)8-11-4-6-14(12,13)7-5-11/h1-8,10H2. The Morgan fingerprint density at radius 1 is 1.21 bits per heavy atom. The van der Waals surface area contributed by atoms with Crippen LogP contribution >= 0.6 is 0 Å². The molecule has 2 rings (SSSR count). The highest BCUT2D eigenvalue weighted by molar-refractivity contribution is 7.91. The molecule has 0 unspecified atom stereocenters. The summed E-state index contributed by atoms with van der Waals surface area (Å²) in [6.45, 7) is 2.21. The van der Waals surface area contributed by atoms with Gasteiger partial charge in [0.15, 0.2) is 9.84 Å². The number of hydrogen-bond donors (Lipinski definition) is 1. The van der Waals surface area contributed by atoms with Crippen LogP contribution in [0.4, 0.5) is 0 Å². The SMILES string of the molecule is NC1(CN2CCS(=O)(=O)CC2)CCC1. The number of rotatable bonds is 2. The van der Waals surface area contributed by atoms with Crippen molar-refractivity contribution in [1.29, 1.82) is 0 Å². The fraction of sp³-hybridized carbons (Fsp3) is 1.00. The molecular weight excluding hydrogens is 200 g/mol. The molecule has 1 saturated carbocycles. The summed E-state index contributed by atoms with van der Waals surface area (Å²) in [7, 11) is -2.74. The molecule has 0 aromatic rings. The molecule has 0 amide bonds. The largest absolute Gasteiger partial charge is 0.324 e. The molecule has 2 N–H and O–H groups in total. The van der Waals surface area contributed by atoms with E-state index in [1.807, 2.05) is 0 Å². The van der Waals surface area contributed by atoms with Gasteiger partial charge in [0, 0.05) is 25.2 Å². The zero-order valence-corrected chi connectivity index (χ0v) is 9.22.